The highest BCUT2D eigenvalue weighted by molar-refractivity contribution is 7.89. The normalized spacial score (nSPS) is 12.5. The van der Waals surface area contributed by atoms with Crippen LogP contribution in [0.15, 0.2) is 62.5 Å². The third-order valence-corrected chi connectivity index (χ3v) is 6.29. The molecule has 14 heteroatoms. The summed E-state index contributed by atoms with van der Waals surface area (Å²) in [5.74, 6) is -0.230. The van der Waals surface area contributed by atoms with Gasteiger partial charge in [-0.1, -0.05) is 6.07 Å². The summed E-state index contributed by atoms with van der Waals surface area (Å²) in [5, 5.41) is 31.5. The van der Waals surface area contributed by atoms with Crippen LogP contribution in [0.2, 0.25) is 0 Å². The number of primary sulfonamides is 2. The Labute approximate surface area is 183 Å². The summed E-state index contributed by atoms with van der Waals surface area (Å²) in [6, 6.07) is 9.74. The molecule has 11 nitrogen and oxygen atoms in total. The van der Waals surface area contributed by atoms with E-state index in [1.165, 1.54) is 41.0 Å². The molecule has 1 aromatic heterocycles. The summed E-state index contributed by atoms with van der Waals surface area (Å²) in [6.07, 6.45) is 0. The van der Waals surface area contributed by atoms with Crippen molar-refractivity contribution in [1.29, 1.82) is 0 Å². The van der Waals surface area contributed by atoms with Gasteiger partial charge in [-0.15, -0.1) is 10.2 Å². The number of benzene rings is 2. The van der Waals surface area contributed by atoms with Crippen molar-refractivity contribution in [1.82, 2.24) is 4.57 Å². The van der Waals surface area contributed by atoms with Crippen LogP contribution in [0, 0.1) is 0 Å². The van der Waals surface area contributed by atoms with Crippen LogP contribution in [-0.2, 0) is 26.6 Å². The smallest absolute Gasteiger partial charge is 0.238 e. The van der Waals surface area contributed by atoms with Gasteiger partial charge >= 0.3 is 0 Å². The monoisotopic (exact) mass is 482 g/mol. The summed E-state index contributed by atoms with van der Waals surface area (Å²) >= 11 is 5.10. The second-order valence-corrected chi connectivity index (χ2v) is 9.85. The molecule has 3 rings (SSSR count). The van der Waals surface area contributed by atoms with Crippen molar-refractivity contribution in [3.8, 4) is 5.88 Å². The number of hydrogen-bond acceptors (Lipinski definition) is 7. The minimum Gasteiger partial charge on any atom is -0.493 e. The largest absolute Gasteiger partial charge is 0.493 e. The van der Waals surface area contributed by atoms with E-state index in [2.05, 4.69) is 15.5 Å². The number of aromatic hydroxyl groups is 1. The Bertz CT molecular complexity index is 1430. The van der Waals surface area contributed by atoms with Gasteiger partial charge in [0.25, 0.3) is 0 Å². The lowest BCUT2D eigenvalue weighted by atomic mass is 10.2. The molecule has 0 aliphatic carbocycles. The van der Waals surface area contributed by atoms with Gasteiger partial charge in [0.2, 0.25) is 31.0 Å². The molecule has 0 radical (unpaired) electrons. The third-order valence-electron chi connectivity index (χ3n) is 4.28. The summed E-state index contributed by atoms with van der Waals surface area (Å²) < 4.78 is 47.8. The van der Waals surface area contributed by atoms with Crippen molar-refractivity contribution in [2.75, 3.05) is 5.32 Å². The van der Waals surface area contributed by atoms with Crippen molar-refractivity contribution in [3.63, 3.8) is 0 Å². The summed E-state index contributed by atoms with van der Waals surface area (Å²) in [6.45, 7) is 2.17. The second kappa shape index (κ2) is 8.32. The second-order valence-electron chi connectivity index (χ2n) is 6.34. The predicted octanol–water partition coefficient (Wildman–Crippen LogP) is 2.14. The number of sulfonamides is 2. The number of rotatable bonds is 5. The molecule has 0 fully saturated rings. The van der Waals surface area contributed by atoms with Crippen LogP contribution in [-0.4, -0.2) is 31.6 Å². The number of aromatic nitrogens is 1. The van der Waals surface area contributed by atoms with Gasteiger partial charge in [0, 0.05) is 17.6 Å². The van der Waals surface area contributed by atoms with Crippen LogP contribution in [0.4, 0.5) is 11.4 Å². The first-order valence-corrected chi connectivity index (χ1v) is 12.2. The molecular formula is C17H18N6O5S3. The standard InChI is InChI=1S/C17H18N6O5S3/c1-2-23-14-7-6-12(31(19,27)28)9-13(14)15(16(23)24)21-22-17(29)20-10-4-3-5-11(8-10)30(18,25)26/h3-9,24H,2H2,1H3,(H,20,29)(H2,18,25,26)(H2,19,27,28). The third kappa shape index (κ3) is 4.88. The number of anilines is 1. The fourth-order valence-corrected chi connectivity index (χ4v) is 4.15. The van der Waals surface area contributed by atoms with Crippen molar-refractivity contribution in [3.05, 3.63) is 42.5 Å². The molecule has 0 amide bonds. The molecule has 6 N–H and O–H groups in total. The Morgan fingerprint density at radius 3 is 2.35 bits per heavy atom. The first-order valence-electron chi connectivity index (χ1n) is 8.65. The van der Waals surface area contributed by atoms with Crippen molar-refractivity contribution < 1.29 is 21.9 Å². The van der Waals surface area contributed by atoms with Gasteiger partial charge in [-0.3, -0.25) is 0 Å². The average molecular weight is 483 g/mol. The number of thiocarbonyl (C=S) groups is 1. The molecular weight excluding hydrogens is 464 g/mol. The van der Waals surface area contributed by atoms with Crippen molar-refractivity contribution in [2.45, 2.75) is 23.3 Å². The molecule has 1 heterocycles. The Balaban J connectivity index is 1.97. The maximum Gasteiger partial charge on any atom is 0.238 e. The molecule has 31 heavy (non-hydrogen) atoms. The van der Waals surface area contributed by atoms with E-state index < -0.39 is 20.0 Å². The molecule has 0 unspecified atom stereocenters. The predicted molar refractivity (Wildman–Crippen MR) is 119 cm³/mol. The van der Waals surface area contributed by atoms with E-state index >= 15 is 0 Å². The fourth-order valence-electron chi connectivity index (χ4n) is 2.89. The van der Waals surface area contributed by atoms with E-state index in [9.17, 15) is 21.9 Å². The lowest BCUT2D eigenvalue weighted by Gasteiger charge is -2.05. The van der Waals surface area contributed by atoms with Crippen LogP contribution >= 0.6 is 12.2 Å². The van der Waals surface area contributed by atoms with E-state index in [0.717, 1.165) is 0 Å². The molecule has 0 saturated heterocycles. The van der Waals surface area contributed by atoms with Crippen LogP contribution < -0.4 is 15.6 Å². The summed E-state index contributed by atoms with van der Waals surface area (Å²) in [7, 11) is -7.87. The Morgan fingerprint density at radius 1 is 1.10 bits per heavy atom. The minimum absolute atomic E-state index is 0.00443. The molecule has 2 aromatic carbocycles. The zero-order chi connectivity index (χ0) is 23.0. The van der Waals surface area contributed by atoms with Gasteiger partial charge in [-0.05, 0) is 55.5 Å². The quantitative estimate of drug-likeness (QED) is 0.317. The average Bonchev–Trinajstić information content (AvgIpc) is 2.95. The lowest BCUT2D eigenvalue weighted by molar-refractivity contribution is 0.427. The summed E-state index contributed by atoms with van der Waals surface area (Å²) in [5.41, 5.74) is 0.845. The maximum absolute atomic E-state index is 11.7. The highest BCUT2D eigenvalue weighted by atomic mass is 32.2. The maximum atomic E-state index is 11.7. The zero-order valence-corrected chi connectivity index (χ0v) is 18.5. The number of fused-ring (bicyclic) bond motifs is 1. The number of aryl methyl sites for hydroxylation is 1. The highest BCUT2D eigenvalue weighted by Crippen LogP contribution is 2.39. The fraction of sp³-hybridized carbons (Fsp3) is 0.118. The first kappa shape index (κ1) is 22.8. The van der Waals surface area contributed by atoms with Gasteiger partial charge < -0.3 is 15.0 Å². The topological polar surface area (TPSA) is 182 Å². The molecule has 0 aliphatic rings. The van der Waals surface area contributed by atoms with Crippen LogP contribution in [0.5, 0.6) is 5.88 Å². The lowest BCUT2D eigenvalue weighted by Crippen LogP contribution is -2.13. The van der Waals surface area contributed by atoms with E-state index in [0.29, 0.717) is 23.1 Å². The van der Waals surface area contributed by atoms with E-state index in [1.807, 2.05) is 0 Å². The Hall–Kier alpha value is -2.91. The van der Waals surface area contributed by atoms with E-state index in [-0.39, 0.29) is 26.5 Å². The Kier molecular flexibility index (Phi) is 6.11. The molecule has 0 aliphatic heterocycles. The van der Waals surface area contributed by atoms with Gasteiger partial charge in [0.1, 0.15) is 0 Å². The number of azo groups is 1. The number of nitrogens with two attached hydrogens (primary N) is 2. The van der Waals surface area contributed by atoms with Gasteiger partial charge in [0.05, 0.1) is 15.3 Å². The van der Waals surface area contributed by atoms with Gasteiger partial charge in [0.15, 0.2) is 5.69 Å². The molecule has 164 valence electrons. The SMILES string of the molecule is CCn1c(O)c(N=NC(=S)Nc2cccc(S(N)(=O)=O)c2)c2cc(S(N)(=O)=O)ccc21. The molecule has 0 saturated carbocycles. The number of hydrogen-bond donors (Lipinski definition) is 4. The van der Waals surface area contributed by atoms with E-state index in [1.54, 1.807) is 13.0 Å². The highest BCUT2D eigenvalue weighted by Gasteiger charge is 2.19. The van der Waals surface area contributed by atoms with Crippen LogP contribution in [0.3, 0.4) is 0 Å². The molecule has 0 atom stereocenters. The first-order chi connectivity index (χ1) is 14.4. The number of nitrogens with one attached hydrogen (secondary N) is 1. The van der Waals surface area contributed by atoms with Gasteiger partial charge in [-0.2, -0.15) is 0 Å². The zero-order valence-electron chi connectivity index (χ0n) is 16.0. The van der Waals surface area contributed by atoms with Crippen molar-refractivity contribution in [2.24, 2.45) is 20.5 Å². The molecule has 0 bridgehead atoms. The van der Waals surface area contributed by atoms with E-state index in [4.69, 9.17) is 22.5 Å². The van der Waals surface area contributed by atoms with Crippen LogP contribution in [0.25, 0.3) is 10.9 Å². The van der Waals surface area contributed by atoms with Crippen LogP contribution in [0.1, 0.15) is 6.92 Å². The molecule has 0 spiro atoms. The summed E-state index contributed by atoms with van der Waals surface area (Å²) in [4.78, 5) is -0.262. The molecule has 3 aromatic rings. The number of nitrogens with zero attached hydrogens (tertiary/aromatic N) is 3. The Morgan fingerprint density at radius 2 is 1.74 bits per heavy atom. The van der Waals surface area contributed by atoms with Crippen molar-refractivity contribution >= 4 is 59.7 Å². The minimum atomic E-state index is -3.97. The van der Waals surface area contributed by atoms with Gasteiger partial charge in [-0.25, -0.2) is 27.1 Å².